The van der Waals surface area contributed by atoms with Crippen molar-refractivity contribution in [3.63, 3.8) is 0 Å². The average molecular weight is 1480 g/mol. The summed E-state index contributed by atoms with van der Waals surface area (Å²) < 4.78 is 0. The number of carboxylic acids is 4. The predicted octanol–water partition coefficient (Wildman–Crippen LogP) is 8.17. The first-order valence-electron chi connectivity index (χ1n) is 22.2. The second kappa shape index (κ2) is 52.5. The average Bonchev–Trinajstić information content (AvgIpc) is 3.33. The van der Waals surface area contributed by atoms with Gasteiger partial charge in [-0.05, 0) is 126 Å². The van der Waals surface area contributed by atoms with Crippen molar-refractivity contribution in [1.82, 2.24) is 19.9 Å². The molecule has 4 aromatic carbocycles. The normalized spacial score (nSPS) is 8.43. The molecule has 4 heterocycles. The van der Waals surface area contributed by atoms with Crippen LogP contribution in [0.3, 0.4) is 0 Å². The van der Waals surface area contributed by atoms with Crippen LogP contribution in [0.1, 0.15) is 49.9 Å². The summed E-state index contributed by atoms with van der Waals surface area (Å²) in [6.45, 7) is 12.1. The molecule has 0 unspecified atom stereocenters. The van der Waals surface area contributed by atoms with Crippen LogP contribution in [0.15, 0.2) is 170 Å². The van der Waals surface area contributed by atoms with Crippen LogP contribution in [-0.4, -0.2) is 49.2 Å². The van der Waals surface area contributed by atoms with Crippen molar-refractivity contribution in [2.24, 2.45) is 0 Å². The maximum Gasteiger partial charge on any atom is 2.00 e. The first-order chi connectivity index (χ1) is 35.7. The van der Waals surface area contributed by atoms with E-state index in [0.29, 0.717) is 0 Å². The van der Waals surface area contributed by atoms with E-state index in [1.807, 2.05) is 173 Å². The molecule has 0 bridgehead atoms. The number of alkyl halides is 2. The molecule has 16 nitrogen and oxygen atoms in total. The number of halogens is 2. The van der Waals surface area contributed by atoms with Crippen molar-refractivity contribution < 1.29 is 121 Å². The summed E-state index contributed by atoms with van der Waals surface area (Å²) in [6.07, 6.45) is 7.17. The zero-order valence-electron chi connectivity index (χ0n) is 43.9. The van der Waals surface area contributed by atoms with E-state index in [1.54, 1.807) is 24.8 Å². The molecule has 0 spiro atoms. The Labute approximate surface area is 528 Å². The van der Waals surface area contributed by atoms with Gasteiger partial charge in [0.2, 0.25) is 0 Å². The van der Waals surface area contributed by atoms with Gasteiger partial charge in [0.1, 0.15) is 23.3 Å². The first-order valence-corrected chi connectivity index (χ1v) is 23.3. The molecule has 0 fully saturated rings. The fourth-order valence-electron chi connectivity index (χ4n) is 4.85. The number of aliphatic carboxylic acids is 4. The number of aryl methyl sites for hydroxylation is 4. The van der Waals surface area contributed by atoms with Crippen molar-refractivity contribution in [1.29, 1.82) is 0 Å². The maximum absolute atomic E-state index is 8.89. The second-order valence-electron chi connectivity index (χ2n) is 14.5. The zero-order valence-corrected chi connectivity index (χ0v) is 51.7. The molecule has 0 aliphatic heterocycles. The minimum Gasteiger partial charge on any atom is -0.550 e. The summed E-state index contributed by atoms with van der Waals surface area (Å²) in [7, 11) is 0. The molecule has 428 valence electrons. The number of hydrogen-bond acceptors (Lipinski definition) is 16. The Morgan fingerprint density at radius 2 is 0.544 bits per heavy atom. The van der Waals surface area contributed by atoms with Gasteiger partial charge in [-0.25, -0.2) is 19.9 Å². The Balaban J connectivity index is -0.000000274. The third-order valence-electron chi connectivity index (χ3n) is 7.55. The van der Waals surface area contributed by atoms with E-state index in [9.17, 15) is 0 Å². The molecule has 79 heavy (non-hydrogen) atoms. The first kappa shape index (κ1) is 81.6. The number of carbonyl (C=O) groups is 4. The van der Waals surface area contributed by atoms with Crippen molar-refractivity contribution in [2.45, 2.75) is 55.4 Å². The molecular formula is C57H58Cl2N8O8Pd4. The summed E-state index contributed by atoms with van der Waals surface area (Å²) in [5, 5.41) is 48.5. The Bertz CT molecular complexity index is 2410. The smallest absolute Gasteiger partial charge is 0.550 e. The van der Waals surface area contributed by atoms with Crippen LogP contribution in [0.5, 0.6) is 0 Å². The number of rotatable bonds is 8. The van der Waals surface area contributed by atoms with E-state index in [1.165, 1.54) is 22.3 Å². The fraction of sp³-hybridized carbons (Fsp3) is 0.158. The van der Waals surface area contributed by atoms with Gasteiger partial charge < -0.3 is 60.9 Å². The molecule has 8 rings (SSSR count). The predicted molar refractivity (Wildman–Crippen MR) is 289 cm³/mol. The third-order valence-corrected chi connectivity index (χ3v) is 7.55. The molecule has 0 aliphatic carbocycles. The number of carboxylic acid groups (broad SMARTS) is 4. The van der Waals surface area contributed by atoms with E-state index < -0.39 is 23.9 Å². The summed E-state index contributed by atoms with van der Waals surface area (Å²) in [6, 6.07) is 59.2. The van der Waals surface area contributed by atoms with Crippen LogP contribution < -0.4 is 41.7 Å². The van der Waals surface area contributed by atoms with E-state index in [-0.39, 0.29) is 87.0 Å². The number of nitrogens with zero attached hydrogens (tertiary/aromatic N) is 4. The molecule has 0 amide bonds. The summed E-state index contributed by atoms with van der Waals surface area (Å²) >= 11 is 9.53. The van der Waals surface area contributed by atoms with Gasteiger partial charge in [-0.1, -0.05) is 22.7 Å². The molecule has 8 aromatic rings. The van der Waals surface area contributed by atoms with Crippen molar-refractivity contribution in [2.75, 3.05) is 26.6 Å². The van der Waals surface area contributed by atoms with Crippen molar-refractivity contribution in [3.05, 3.63) is 217 Å². The Morgan fingerprint density at radius 3 is 0.671 bits per heavy atom. The van der Waals surface area contributed by atoms with E-state index >= 15 is 0 Å². The molecule has 0 saturated heterocycles. The van der Waals surface area contributed by atoms with Crippen LogP contribution in [0.2, 0.25) is 0 Å². The number of pyridine rings is 4. The van der Waals surface area contributed by atoms with Gasteiger partial charge in [-0.3, -0.25) is 0 Å². The SMILES string of the molecule is CC(=O)[O-].CC(=O)[O-].CC(=O)[O-].CC(=O)[O-].Cc1ccnc(Nc2[c-]cccc2)c1.Cc1ccnc(Nc2[c-]cccc2)c1.Cc1ccnc(Nc2[c-]cccc2)c1.Cc1ccnc(Nc2[c-]cccc2)c1.ClCCl.[Pd+2].[Pd+2].[Pd+2].[Pd+2]. The molecular weight excluding hydrogens is 1420 g/mol. The summed E-state index contributed by atoms with van der Waals surface area (Å²) in [5.74, 6) is -0.917. The van der Waals surface area contributed by atoms with Crippen LogP contribution in [0.4, 0.5) is 46.0 Å². The number of anilines is 8. The molecule has 0 radical (unpaired) electrons. The second-order valence-corrected chi connectivity index (χ2v) is 15.4. The molecule has 22 heteroatoms. The van der Waals surface area contributed by atoms with Crippen LogP contribution in [-0.2, 0) is 101 Å². The van der Waals surface area contributed by atoms with Gasteiger partial charge in [-0.15, -0.1) is 47.5 Å². The molecule has 0 saturated carbocycles. The third kappa shape index (κ3) is 52.3. The Hall–Kier alpha value is -6.21. The van der Waals surface area contributed by atoms with Gasteiger partial charge in [0.25, 0.3) is 0 Å². The van der Waals surface area contributed by atoms with Crippen LogP contribution in [0, 0.1) is 52.0 Å². The summed E-state index contributed by atoms with van der Waals surface area (Å²) in [4.78, 5) is 52.4. The number of aromatic nitrogens is 4. The standard InChI is InChI=1S/4C12H11N2.4C2H4O2.CH2Cl2.4Pd/c4*1-10-7-8-13-12(9-10)14-11-5-3-2-4-6-11;4*1-2(3)4;2-1-3;;;;/h4*2-5,7-9H,1H3,(H,13,14);4*1H3,(H,3,4);1H2;;;;/q4*-1;;;;;;4*+2/p-4. The van der Waals surface area contributed by atoms with E-state index in [2.05, 4.69) is 65.5 Å². The molecule has 4 N–H and O–H groups in total. The minimum atomic E-state index is -1.08. The van der Waals surface area contributed by atoms with E-state index in [4.69, 9.17) is 62.8 Å². The largest absolute Gasteiger partial charge is 2.00 e. The van der Waals surface area contributed by atoms with Crippen LogP contribution >= 0.6 is 23.2 Å². The topological polar surface area (TPSA) is 260 Å². The van der Waals surface area contributed by atoms with Gasteiger partial charge in [0, 0.05) is 48.7 Å². The Morgan fingerprint density at radius 1 is 0.380 bits per heavy atom. The summed E-state index contributed by atoms with van der Waals surface area (Å²) in [5.41, 5.74) is 8.51. The number of nitrogens with one attached hydrogen (secondary N) is 4. The molecule has 4 aromatic heterocycles. The van der Waals surface area contributed by atoms with Gasteiger partial charge in [0.15, 0.2) is 0 Å². The van der Waals surface area contributed by atoms with Gasteiger partial charge >= 0.3 is 81.7 Å². The quantitative estimate of drug-likeness (QED) is 0.0635. The maximum atomic E-state index is 8.89. The van der Waals surface area contributed by atoms with Gasteiger partial charge in [0.05, 0.1) is 5.34 Å². The fourth-order valence-corrected chi connectivity index (χ4v) is 4.85. The molecule has 0 aliphatic rings. The Kier molecular flexibility index (Phi) is 54.2. The number of benzene rings is 4. The number of para-hydroxylation sites is 4. The minimum absolute atomic E-state index is 0. The molecule has 0 atom stereocenters. The van der Waals surface area contributed by atoms with Crippen molar-refractivity contribution >= 4 is 93.1 Å². The zero-order chi connectivity index (χ0) is 56.2. The van der Waals surface area contributed by atoms with Crippen LogP contribution in [0.25, 0.3) is 0 Å². The van der Waals surface area contributed by atoms with Crippen molar-refractivity contribution in [3.8, 4) is 0 Å². The number of hydrogen-bond donors (Lipinski definition) is 4. The monoisotopic (exact) mass is 1480 g/mol. The van der Waals surface area contributed by atoms with Gasteiger partial charge in [-0.2, -0.15) is 97.1 Å². The van der Waals surface area contributed by atoms with E-state index in [0.717, 1.165) is 73.7 Å². The number of carbonyl (C=O) groups excluding carboxylic acids is 4.